The summed E-state index contributed by atoms with van der Waals surface area (Å²) >= 11 is 0. The number of nitrogens with one attached hydrogen (secondary N) is 1. The van der Waals surface area contributed by atoms with Crippen molar-refractivity contribution in [2.45, 2.75) is 13.3 Å². The highest BCUT2D eigenvalue weighted by atomic mass is 16.5. The average molecular weight is 445 g/mol. The first-order chi connectivity index (χ1) is 16.0. The van der Waals surface area contributed by atoms with Gasteiger partial charge in [-0.15, -0.1) is 5.10 Å². The number of pyridine rings is 1. The Morgan fingerprint density at radius 1 is 1.15 bits per heavy atom. The molecule has 0 bridgehead atoms. The van der Waals surface area contributed by atoms with Gasteiger partial charge in [-0.2, -0.15) is 0 Å². The lowest BCUT2D eigenvalue weighted by Gasteiger charge is -2.22. The molecule has 2 N–H and O–H groups in total. The van der Waals surface area contributed by atoms with Crippen LogP contribution in [0, 0.1) is 6.92 Å². The second kappa shape index (κ2) is 8.51. The van der Waals surface area contributed by atoms with E-state index in [-0.39, 0.29) is 11.0 Å². The summed E-state index contributed by atoms with van der Waals surface area (Å²) in [6, 6.07) is 12.2. The van der Waals surface area contributed by atoms with Gasteiger partial charge in [-0.25, -0.2) is 9.48 Å². The van der Waals surface area contributed by atoms with Crippen molar-refractivity contribution in [2.75, 3.05) is 31.2 Å². The minimum atomic E-state index is -0.993. The van der Waals surface area contributed by atoms with E-state index in [2.05, 4.69) is 20.2 Å². The average Bonchev–Trinajstić information content (AvgIpc) is 3.12. The third-order valence-corrected chi connectivity index (χ3v) is 5.97. The number of carbonyl (C=O) groups is 1. The number of aromatic amines is 1. The van der Waals surface area contributed by atoms with Crippen LogP contribution in [0.2, 0.25) is 0 Å². The molecule has 2 aromatic carbocycles. The summed E-state index contributed by atoms with van der Waals surface area (Å²) in [7, 11) is 0. The number of fused-ring (bicyclic) bond motifs is 1. The Labute approximate surface area is 189 Å². The van der Waals surface area contributed by atoms with Crippen molar-refractivity contribution in [1.29, 1.82) is 0 Å². The molecule has 1 fully saturated rings. The Balaban J connectivity index is 1.60. The highest BCUT2D eigenvalue weighted by Gasteiger charge is 2.17. The first kappa shape index (κ1) is 20.9. The van der Waals surface area contributed by atoms with Crippen LogP contribution in [0.25, 0.3) is 27.8 Å². The molecule has 0 atom stereocenters. The van der Waals surface area contributed by atoms with Gasteiger partial charge in [0.2, 0.25) is 0 Å². The minimum Gasteiger partial charge on any atom is -0.478 e. The van der Waals surface area contributed by atoms with Gasteiger partial charge in [0.05, 0.1) is 29.6 Å². The highest BCUT2D eigenvalue weighted by molar-refractivity contribution is 5.93. The second-order valence-electron chi connectivity index (χ2n) is 8.00. The van der Waals surface area contributed by atoms with Crippen LogP contribution in [0.5, 0.6) is 0 Å². The van der Waals surface area contributed by atoms with Crippen molar-refractivity contribution in [3.63, 3.8) is 0 Å². The fourth-order valence-corrected chi connectivity index (χ4v) is 4.24. The Bertz CT molecular complexity index is 1400. The summed E-state index contributed by atoms with van der Waals surface area (Å²) in [5.41, 5.74) is 3.39. The molecular weight excluding hydrogens is 422 g/mol. The number of carboxylic acid groups (broad SMARTS) is 1. The molecule has 9 heteroatoms. The molecule has 0 unspecified atom stereocenters. The van der Waals surface area contributed by atoms with Gasteiger partial charge in [0, 0.05) is 36.7 Å². The predicted octanol–water partition coefficient (Wildman–Crippen LogP) is 3.01. The Kier molecular flexibility index (Phi) is 5.39. The maximum atomic E-state index is 12.9. The summed E-state index contributed by atoms with van der Waals surface area (Å²) in [5, 5.41) is 18.6. The summed E-state index contributed by atoms with van der Waals surface area (Å²) in [5.74, 6) is -0.240. The Morgan fingerprint density at radius 2 is 2.00 bits per heavy atom. The first-order valence-electron chi connectivity index (χ1n) is 10.8. The second-order valence-corrected chi connectivity index (χ2v) is 8.00. The molecule has 1 aliphatic heterocycles. The van der Waals surface area contributed by atoms with Crippen molar-refractivity contribution in [1.82, 2.24) is 20.0 Å². The summed E-state index contributed by atoms with van der Waals surface area (Å²) in [4.78, 5) is 30.0. The smallest absolute Gasteiger partial charge is 0.336 e. The zero-order chi connectivity index (χ0) is 22.9. The van der Waals surface area contributed by atoms with Crippen molar-refractivity contribution >= 4 is 22.7 Å². The van der Waals surface area contributed by atoms with E-state index in [1.54, 1.807) is 48.1 Å². The van der Waals surface area contributed by atoms with Gasteiger partial charge in [-0.3, -0.25) is 4.79 Å². The molecule has 1 saturated heterocycles. The molecule has 168 valence electrons. The molecule has 1 aliphatic rings. The molecule has 0 radical (unpaired) electrons. The van der Waals surface area contributed by atoms with Crippen molar-refractivity contribution in [2.24, 2.45) is 0 Å². The lowest BCUT2D eigenvalue weighted by Crippen LogP contribution is -2.28. The molecule has 0 amide bonds. The molecule has 4 aromatic rings. The van der Waals surface area contributed by atoms with Crippen molar-refractivity contribution in [3.8, 4) is 16.9 Å². The van der Waals surface area contributed by atoms with Crippen LogP contribution in [0.4, 0.5) is 5.82 Å². The van der Waals surface area contributed by atoms with E-state index in [9.17, 15) is 14.7 Å². The van der Waals surface area contributed by atoms with Gasteiger partial charge in [-0.1, -0.05) is 23.4 Å². The molecule has 0 saturated carbocycles. The number of nitrogens with zero attached hydrogens (tertiary/aromatic N) is 4. The number of hydrogen-bond donors (Lipinski definition) is 2. The van der Waals surface area contributed by atoms with Gasteiger partial charge >= 0.3 is 5.97 Å². The van der Waals surface area contributed by atoms with E-state index >= 15 is 0 Å². The number of rotatable bonds is 4. The van der Waals surface area contributed by atoms with Crippen LogP contribution in [0.1, 0.15) is 22.3 Å². The standard InChI is InChI=1S/C24H23N5O4/c1-15-16(24(31)32)5-3-8-20(15)29-14-19(26-27-29)17-6-2-7-18-21(30)13-22(25-23(17)18)28-9-4-11-33-12-10-28/h2-3,5-8,13-14H,4,9-12H2,1H3,(H,25,30)(H,31,32). The summed E-state index contributed by atoms with van der Waals surface area (Å²) in [6.07, 6.45) is 2.64. The van der Waals surface area contributed by atoms with E-state index in [0.717, 1.165) is 24.3 Å². The number of benzene rings is 2. The number of aromatic carboxylic acids is 1. The first-order valence-corrected chi connectivity index (χ1v) is 10.8. The molecular formula is C24H23N5O4. The maximum Gasteiger partial charge on any atom is 0.336 e. The number of aromatic nitrogens is 4. The number of anilines is 1. The molecule has 5 rings (SSSR count). The van der Waals surface area contributed by atoms with Crippen LogP contribution < -0.4 is 10.3 Å². The van der Waals surface area contributed by atoms with Crippen molar-refractivity contribution in [3.05, 3.63) is 70.0 Å². The normalized spacial score (nSPS) is 14.4. The summed E-state index contributed by atoms with van der Waals surface area (Å²) < 4.78 is 7.10. The zero-order valence-electron chi connectivity index (χ0n) is 18.1. The highest BCUT2D eigenvalue weighted by Crippen LogP contribution is 2.27. The topological polar surface area (TPSA) is 113 Å². The zero-order valence-corrected chi connectivity index (χ0v) is 18.1. The van der Waals surface area contributed by atoms with E-state index in [1.165, 1.54) is 0 Å². The molecule has 0 spiro atoms. The number of ether oxygens (including phenoxy) is 1. The lowest BCUT2D eigenvalue weighted by atomic mass is 10.1. The van der Waals surface area contributed by atoms with Crippen LogP contribution >= 0.6 is 0 Å². The quantitative estimate of drug-likeness (QED) is 0.496. The minimum absolute atomic E-state index is 0.0665. The number of para-hydroxylation sites is 1. The number of H-pyrrole nitrogens is 1. The Morgan fingerprint density at radius 3 is 2.85 bits per heavy atom. The van der Waals surface area contributed by atoms with Gasteiger partial charge < -0.3 is 19.7 Å². The van der Waals surface area contributed by atoms with Crippen LogP contribution in [-0.2, 0) is 4.74 Å². The van der Waals surface area contributed by atoms with Gasteiger partial charge in [0.15, 0.2) is 5.43 Å². The predicted molar refractivity (Wildman–Crippen MR) is 124 cm³/mol. The largest absolute Gasteiger partial charge is 0.478 e. The van der Waals surface area contributed by atoms with Crippen LogP contribution in [-0.4, -0.2) is 57.4 Å². The fraction of sp³-hybridized carbons (Fsp3) is 0.250. The van der Waals surface area contributed by atoms with E-state index < -0.39 is 5.97 Å². The molecule has 3 heterocycles. The van der Waals surface area contributed by atoms with E-state index in [1.807, 2.05) is 12.1 Å². The fourth-order valence-electron chi connectivity index (χ4n) is 4.24. The lowest BCUT2D eigenvalue weighted by molar-refractivity contribution is 0.0696. The molecule has 9 nitrogen and oxygen atoms in total. The summed E-state index contributed by atoms with van der Waals surface area (Å²) in [6.45, 7) is 4.58. The van der Waals surface area contributed by atoms with Crippen molar-refractivity contribution < 1.29 is 14.6 Å². The maximum absolute atomic E-state index is 12.9. The third kappa shape index (κ3) is 3.87. The monoisotopic (exact) mass is 445 g/mol. The molecule has 2 aromatic heterocycles. The van der Waals surface area contributed by atoms with Gasteiger partial charge in [0.1, 0.15) is 11.5 Å². The van der Waals surface area contributed by atoms with Gasteiger partial charge in [-0.05, 0) is 37.1 Å². The van der Waals surface area contributed by atoms with E-state index in [4.69, 9.17) is 4.74 Å². The van der Waals surface area contributed by atoms with Gasteiger partial charge in [0.25, 0.3) is 0 Å². The van der Waals surface area contributed by atoms with Crippen LogP contribution in [0.15, 0.2) is 53.5 Å². The third-order valence-electron chi connectivity index (χ3n) is 5.97. The molecule has 33 heavy (non-hydrogen) atoms. The molecule has 0 aliphatic carbocycles. The van der Waals surface area contributed by atoms with E-state index in [0.29, 0.717) is 47.6 Å². The number of carboxylic acids is 1. The van der Waals surface area contributed by atoms with Crippen LogP contribution in [0.3, 0.4) is 0 Å². The number of hydrogen-bond acceptors (Lipinski definition) is 6. The Hall–Kier alpha value is -3.98. The SMILES string of the molecule is Cc1c(C(=O)O)cccc1-n1cc(-c2cccc3c(=O)cc(N4CCCOCC4)[nH]c23)nn1.